The van der Waals surface area contributed by atoms with Crippen LogP contribution in [0.2, 0.25) is 0 Å². The first-order chi connectivity index (χ1) is 19.1. The summed E-state index contributed by atoms with van der Waals surface area (Å²) in [5.74, 6) is -0.369. The lowest BCUT2D eigenvalue weighted by Crippen LogP contribution is -2.01. The highest BCUT2D eigenvalue weighted by Gasteiger charge is 2.22. The Hall–Kier alpha value is -4.44. The largest absolute Gasteiger partial charge is 0.505 e. The fourth-order valence-corrected chi connectivity index (χ4v) is 5.48. The highest BCUT2D eigenvalue weighted by molar-refractivity contribution is 7.86. The lowest BCUT2D eigenvalue weighted by atomic mass is 10.1. The SMILES string of the molecule is COc1cc(N=Nc2cc(S(=O)(=O)O)c(C)cc2C)c(C)cc1N=Nc1c(S(=O)(=O)O)cc2cc(N)ccc2c1O. The van der Waals surface area contributed by atoms with E-state index < -0.39 is 36.6 Å². The molecule has 0 amide bonds. The number of ether oxygens (including phenoxy) is 1. The molecule has 0 aliphatic carbocycles. The molecule has 13 nitrogen and oxygen atoms in total. The quantitative estimate of drug-likeness (QED) is 0.105. The number of phenols is 1. The molecule has 0 aromatic heterocycles. The van der Waals surface area contributed by atoms with Crippen LogP contribution in [-0.4, -0.2) is 38.2 Å². The molecular formula is C26H25N5O8S2. The number of nitrogens with zero attached hydrogens (tertiary/aromatic N) is 4. The molecule has 0 fully saturated rings. The van der Waals surface area contributed by atoms with E-state index >= 15 is 0 Å². The van der Waals surface area contributed by atoms with Crippen molar-refractivity contribution in [3.05, 3.63) is 65.2 Å². The van der Waals surface area contributed by atoms with E-state index in [2.05, 4.69) is 20.5 Å². The Balaban J connectivity index is 1.77. The van der Waals surface area contributed by atoms with Gasteiger partial charge in [0.05, 0.1) is 23.4 Å². The molecule has 4 rings (SSSR count). The molecule has 0 spiro atoms. The molecule has 0 bridgehead atoms. The van der Waals surface area contributed by atoms with E-state index in [0.29, 0.717) is 28.1 Å². The van der Waals surface area contributed by atoms with Crippen LogP contribution in [0.1, 0.15) is 16.7 Å². The van der Waals surface area contributed by atoms with E-state index in [0.717, 1.165) is 6.07 Å². The fourth-order valence-electron chi connectivity index (χ4n) is 4.09. The lowest BCUT2D eigenvalue weighted by molar-refractivity contribution is 0.416. The number of methoxy groups -OCH3 is 1. The molecule has 4 aromatic rings. The summed E-state index contributed by atoms with van der Waals surface area (Å²) < 4.78 is 72.2. The van der Waals surface area contributed by atoms with E-state index in [1.165, 1.54) is 43.5 Å². The van der Waals surface area contributed by atoms with Gasteiger partial charge in [0.15, 0.2) is 5.75 Å². The van der Waals surface area contributed by atoms with Gasteiger partial charge in [0.2, 0.25) is 0 Å². The topological polar surface area (TPSA) is 214 Å². The van der Waals surface area contributed by atoms with Gasteiger partial charge in [0.25, 0.3) is 20.2 Å². The first-order valence-electron chi connectivity index (χ1n) is 11.7. The molecule has 0 saturated carbocycles. The van der Waals surface area contributed by atoms with Gasteiger partial charge in [-0.2, -0.15) is 27.1 Å². The number of rotatable bonds is 7. The third-order valence-corrected chi connectivity index (χ3v) is 8.01. The fraction of sp³-hybridized carbons (Fsp3) is 0.154. The zero-order valence-corrected chi connectivity index (χ0v) is 23.8. The van der Waals surface area contributed by atoms with Crippen LogP contribution in [0.5, 0.6) is 11.5 Å². The van der Waals surface area contributed by atoms with Gasteiger partial charge in [-0.05, 0) is 79.2 Å². The summed E-state index contributed by atoms with van der Waals surface area (Å²) >= 11 is 0. The summed E-state index contributed by atoms with van der Waals surface area (Å²) in [4.78, 5) is -0.956. The van der Waals surface area contributed by atoms with Crippen molar-refractivity contribution in [2.24, 2.45) is 20.5 Å². The summed E-state index contributed by atoms with van der Waals surface area (Å²) in [6.07, 6.45) is 0. The Morgan fingerprint density at radius 1 is 0.707 bits per heavy atom. The number of nitrogen functional groups attached to an aromatic ring is 1. The average molecular weight is 600 g/mol. The minimum Gasteiger partial charge on any atom is -0.505 e. The van der Waals surface area contributed by atoms with Crippen LogP contribution >= 0.6 is 0 Å². The van der Waals surface area contributed by atoms with Gasteiger partial charge in [-0.3, -0.25) is 9.11 Å². The van der Waals surface area contributed by atoms with E-state index in [9.17, 15) is 31.0 Å². The van der Waals surface area contributed by atoms with Gasteiger partial charge in [0.1, 0.15) is 22.0 Å². The van der Waals surface area contributed by atoms with Crippen LogP contribution in [0, 0.1) is 20.8 Å². The minimum absolute atomic E-state index is 0.141. The molecule has 0 heterocycles. The van der Waals surface area contributed by atoms with Gasteiger partial charge in [0, 0.05) is 17.1 Å². The monoisotopic (exact) mass is 599 g/mol. The number of nitrogens with two attached hydrogens (primary N) is 1. The van der Waals surface area contributed by atoms with Gasteiger partial charge < -0.3 is 15.6 Å². The number of fused-ring (bicyclic) bond motifs is 1. The highest BCUT2D eigenvalue weighted by atomic mass is 32.2. The molecule has 5 N–H and O–H groups in total. The number of benzene rings is 4. The lowest BCUT2D eigenvalue weighted by Gasteiger charge is -2.10. The first-order valence-corrected chi connectivity index (χ1v) is 14.6. The summed E-state index contributed by atoms with van der Waals surface area (Å²) in [7, 11) is -7.92. The second-order valence-electron chi connectivity index (χ2n) is 9.12. The molecule has 4 aromatic carbocycles. The van der Waals surface area contributed by atoms with Crippen LogP contribution in [0.4, 0.5) is 28.4 Å². The summed E-state index contributed by atoms with van der Waals surface area (Å²) in [6.45, 7) is 4.94. The van der Waals surface area contributed by atoms with Gasteiger partial charge in [-0.15, -0.1) is 10.2 Å². The van der Waals surface area contributed by atoms with Crippen molar-refractivity contribution in [3.8, 4) is 11.5 Å². The van der Waals surface area contributed by atoms with E-state index in [1.54, 1.807) is 26.8 Å². The van der Waals surface area contributed by atoms with Crippen LogP contribution < -0.4 is 10.5 Å². The zero-order chi connectivity index (χ0) is 30.3. The standard InChI is InChI=1S/C26H25N5O8S2/c1-13-7-15(3)23(40(33,34)35)12-20(13)29-28-19-11-22(39-4)21(8-14(19)2)30-31-25-24(41(36,37)38)10-16-9-17(27)5-6-18(16)26(25)32/h5-12,32H,27H2,1-4H3,(H,33,34,35)(H,36,37,38). The molecule has 41 heavy (non-hydrogen) atoms. The number of hydrogen-bond acceptors (Lipinski definition) is 11. The molecule has 0 unspecified atom stereocenters. The molecule has 0 atom stereocenters. The number of anilines is 1. The number of hydrogen-bond donors (Lipinski definition) is 4. The molecule has 0 aliphatic heterocycles. The van der Waals surface area contributed by atoms with Crippen LogP contribution in [0.15, 0.2) is 78.8 Å². The molecular weight excluding hydrogens is 574 g/mol. The maximum atomic E-state index is 12.1. The summed E-state index contributed by atoms with van der Waals surface area (Å²) in [6, 6.07) is 11.3. The Kier molecular flexibility index (Phi) is 7.82. The molecule has 0 saturated heterocycles. The van der Waals surface area contributed by atoms with Crippen molar-refractivity contribution >= 4 is 59.4 Å². The first kappa shape index (κ1) is 29.5. The number of aromatic hydroxyl groups is 1. The Bertz CT molecular complexity index is 1990. The Morgan fingerprint density at radius 2 is 1.29 bits per heavy atom. The van der Waals surface area contributed by atoms with Crippen LogP contribution in [0.25, 0.3) is 10.8 Å². The molecule has 15 heteroatoms. The van der Waals surface area contributed by atoms with Crippen molar-refractivity contribution < 1.29 is 35.8 Å². The third kappa shape index (κ3) is 6.17. The predicted molar refractivity (Wildman–Crippen MR) is 152 cm³/mol. The van der Waals surface area contributed by atoms with Gasteiger partial charge >= 0.3 is 0 Å². The van der Waals surface area contributed by atoms with Crippen LogP contribution in [-0.2, 0) is 20.2 Å². The second-order valence-corrected chi connectivity index (χ2v) is 11.9. The number of phenolic OH excluding ortho intramolecular Hbond substituents is 1. The summed E-state index contributed by atoms with van der Waals surface area (Å²) in [5.41, 5.74) is 7.80. The van der Waals surface area contributed by atoms with E-state index in [1.807, 2.05) is 0 Å². The third-order valence-electron chi connectivity index (χ3n) is 6.14. The van der Waals surface area contributed by atoms with Gasteiger partial charge in [-0.25, -0.2) is 0 Å². The summed E-state index contributed by atoms with van der Waals surface area (Å²) in [5, 5.41) is 27.6. The average Bonchev–Trinajstić information content (AvgIpc) is 2.86. The van der Waals surface area contributed by atoms with Crippen molar-refractivity contribution in [3.63, 3.8) is 0 Å². The van der Waals surface area contributed by atoms with Crippen molar-refractivity contribution in [1.82, 2.24) is 0 Å². The zero-order valence-electron chi connectivity index (χ0n) is 22.2. The van der Waals surface area contributed by atoms with E-state index in [4.69, 9.17) is 10.5 Å². The maximum absolute atomic E-state index is 12.1. The Morgan fingerprint density at radius 3 is 1.90 bits per heavy atom. The molecule has 0 radical (unpaired) electrons. The molecule has 214 valence electrons. The Labute approximate surface area is 235 Å². The molecule has 0 aliphatic rings. The smallest absolute Gasteiger partial charge is 0.296 e. The highest BCUT2D eigenvalue weighted by Crippen LogP contribution is 2.43. The van der Waals surface area contributed by atoms with Gasteiger partial charge in [-0.1, -0.05) is 6.07 Å². The van der Waals surface area contributed by atoms with E-state index in [-0.39, 0.29) is 32.8 Å². The normalized spacial score (nSPS) is 12.5. The second kappa shape index (κ2) is 10.9. The van der Waals surface area contributed by atoms with Crippen LogP contribution in [0.3, 0.4) is 0 Å². The number of azo groups is 2. The minimum atomic E-state index is -4.81. The van der Waals surface area contributed by atoms with Crippen molar-refractivity contribution in [1.29, 1.82) is 0 Å². The number of aryl methyl sites for hydroxylation is 3. The maximum Gasteiger partial charge on any atom is 0.296 e. The van der Waals surface area contributed by atoms with Crippen molar-refractivity contribution in [2.45, 2.75) is 30.6 Å². The van der Waals surface area contributed by atoms with Crippen molar-refractivity contribution in [2.75, 3.05) is 12.8 Å². The predicted octanol–water partition coefficient (Wildman–Crippen LogP) is 6.39.